The van der Waals surface area contributed by atoms with E-state index < -0.39 is 0 Å². The van der Waals surface area contributed by atoms with Gasteiger partial charge in [-0.05, 0) is 48.9 Å². The molecule has 168 valence electrons. The van der Waals surface area contributed by atoms with Crippen molar-refractivity contribution in [3.63, 3.8) is 0 Å². The quantitative estimate of drug-likeness (QED) is 0.367. The molecule has 0 N–H and O–H groups in total. The molecule has 2 heterocycles. The molecule has 0 atom stereocenters. The van der Waals surface area contributed by atoms with E-state index in [-0.39, 0.29) is 11.2 Å². The first-order chi connectivity index (χ1) is 16.0. The molecule has 0 amide bonds. The van der Waals surface area contributed by atoms with Crippen LogP contribution in [0, 0.1) is 6.92 Å². The molecule has 0 unspecified atom stereocenters. The van der Waals surface area contributed by atoms with Crippen LogP contribution in [0.5, 0.6) is 23.0 Å². The second-order valence-corrected chi connectivity index (χ2v) is 8.34. The molecule has 0 saturated heterocycles. The molecule has 4 aromatic rings. The number of ether oxygens (including phenoxy) is 3. The van der Waals surface area contributed by atoms with Gasteiger partial charge in [0.05, 0.1) is 18.1 Å². The van der Waals surface area contributed by atoms with E-state index in [2.05, 4.69) is 4.90 Å². The normalized spacial score (nSPS) is 13.4. The number of hydrogen-bond donors (Lipinski definition) is 0. The zero-order chi connectivity index (χ0) is 22.9. The third kappa shape index (κ3) is 4.27. The maximum atomic E-state index is 13.3. The molecule has 6 nitrogen and oxygen atoms in total. The fourth-order valence-electron chi connectivity index (χ4n) is 3.95. The molecule has 0 aliphatic carbocycles. The number of aryl methyl sites for hydroxylation is 1. The summed E-state index contributed by atoms with van der Waals surface area (Å²) < 4.78 is 23.2. The monoisotopic (exact) mass is 463 g/mol. The highest BCUT2D eigenvalue weighted by molar-refractivity contribution is 6.30. The molecule has 7 heteroatoms. The minimum absolute atomic E-state index is 0.158. The Balaban J connectivity index is 1.48. The van der Waals surface area contributed by atoms with E-state index in [0.29, 0.717) is 53.1 Å². The van der Waals surface area contributed by atoms with Crippen LogP contribution in [0.4, 0.5) is 0 Å². The summed E-state index contributed by atoms with van der Waals surface area (Å²) in [5.74, 6) is 2.42. The van der Waals surface area contributed by atoms with Crippen molar-refractivity contribution in [3.05, 3.63) is 92.8 Å². The Morgan fingerprint density at radius 3 is 2.64 bits per heavy atom. The Hall–Kier alpha value is -3.48. The molecular formula is C26H22ClNO5. The molecule has 0 fully saturated rings. The first-order valence-corrected chi connectivity index (χ1v) is 10.9. The second-order valence-electron chi connectivity index (χ2n) is 7.90. The molecule has 1 aliphatic heterocycles. The summed E-state index contributed by atoms with van der Waals surface area (Å²) in [5.41, 5.74) is 2.27. The van der Waals surface area contributed by atoms with Gasteiger partial charge in [-0.1, -0.05) is 29.8 Å². The summed E-state index contributed by atoms with van der Waals surface area (Å²) >= 11 is 6.00. The number of benzene rings is 3. The molecule has 0 radical (unpaired) electrons. The molecule has 1 aliphatic rings. The number of rotatable bonds is 5. The van der Waals surface area contributed by atoms with E-state index in [0.717, 1.165) is 16.9 Å². The van der Waals surface area contributed by atoms with Gasteiger partial charge in [0.15, 0.2) is 0 Å². The van der Waals surface area contributed by atoms with Crippen LogP contribution in [0.15, 0.2) is 69.9 Å². The molecular weight excluding hydrogens is 442 g/mol. The third-order valence-electron chi connectivity index (χ3n) is 5.61. The van der Waals surface area contributed by atoms with Gasteiger partial charge in [0.2, 0.25) is 11.2 Å². The lowest BCUT2D eigenvalue weighted by Crippen LogP contribution is -2.31. The van der Waals surface area contributed by atoms with Crippen molar-refractivity contribution < 1.29 is 18.6 Å². The minimum atomic E-state index is -0.228. The summed E-state index contributed by atoms with van der Waals surface area (Å²) in [7, 11) is 1.58. The first-order valence-electron chi connectivity index (χ1n) is 10.5. The van der Waals surface area contributed by atoms with E-state index in [9.17, 15) is 4.79 Å². The first kappa shape index (κ1) is 21.4. The van der Waals surface area contributed by atoms with Crippen molar-refractivity contribution in [2.24, 2.45) is 0 Å². The van der Waals surface area contributed by atoms with Gasteiger partial charge in [-0.15, -0.1) is 0 Å². The molecule has 33 heavy (non-hydrogen) atoms. The Kier molecular flexibility index (Phi) is 5.70. The van der Waals surface area contributed by atoms with Gasteiger partial charge in [-0.2, -0.15) is 0 Å². The van der Waals surface area contributed by atoms with E-state index in [1.165, 1.54) is 0 Å². The van der Waals surface area contributed by atoms with Gasteiger partial charge in [0.1, 0.15) is 35.3 Å². The van der Waals surface area contributed by atoms with Crippen LogP contribution in [-0.4, -0.2) is 18.7 Å². The standard InChI is InChI=1S/C26H22ClNO5/c1-16-25(33-20-5-3-4-19(12-20)30-2)24(29)21-10-11-23-22(26(21)32-16)14-28(15-31-23)13-17-6-8-18(27)9-7-17/h3-12H,13-15H2,1-2H3. The predicted octanol–water partition coefficient (Wildman–Crippen LogP) is 5.91. The largest absolute Gasteiger partial charge is 0.497 e. The maximum absolute atomic E-state index is 13.3. The molecule has 5 rings (SSSR count). The summed E-state index contributed by atoms with van der Waals surface area (Å²) in [5, 5.41) is 1.16. The highest BCUT2D eigenvalue weighted by atomic mass is 35.5. The zero-order valence-electron chi connectivity index (χ0n) is 18.3. The highest BCUT2D eigenvalue weighted by Crippen LogP contribution is 2.35. The van der Waals surface area contributed by atoms with Crippen LogP contribution < -0.4 is 19.6 Å². The zero-order valence-corrected chi connectivity index (χ0v) is 19.0. The summed E-state index contributed by atoms with van der Waals surface area (Å²) in [6.45, 7) is 3.45. The van der Waals surface area contributed by atoms with Crippen LogP contribution in [0.3, 0.4) is 0 Å². The number of fused-ring (bicyclic) bond motifs is 3. The Morgan fingerprint density at radius 1 is 1.06 bits per heavy atom. The van der Waals surface area contributed by atoms with Gasteiger partial charge in [-0.25, -0.2) is 0 Å². The van der Waals surface area contributed by atoms with Gasteiger partial charge < -0.3 is 18.6 Å². The smallest absolute Gasteiger partial charge is 0.235 e. The van der Waals surface area contributed by atoms with E-state index in [4.69, 9.17) is 30.2 Å². The molecule has 0 bridgehead atoms. The van der Waals surface area contributed by atoms with Gasteiger partial charge >= 0.3 is 0 Å². The average Bonchev–Trinajstić information content (AvgIpc) is 2.83. The second kappa shape index (κ2) is 8.81. The van der Waals surface area contributed by atoms with E-state index in [1.54, 1.807) is 38.3 Å². The van der Waals surface area contributed by atoms with E-state index >= 15 is 0 Å². The van der Waals surface area contributed by atoms with Crippen molar-refractivity contribution in [1.82, 2.24) is 4.90 Å². The van der Waals surface area contributed by atoms with Crippen LogP contribution in [0.25, 0.3) is 11.0 Å². The van der Waals surface area contributed by atoms with Crippen LogP contribution in [0.2, 0.25) is 5.02 Å². The number of methoxy groups -OCH3 is 1. The van der Waals surface area contributed by atoms with Crippen molar-refractivity contribution in [1.29, 1.82) is 0 Å². The van der Waals surface area contributed by atoms with Gasteiger partial charge in [0, 0.05) is 24.2 Å². The highest BCUT2D eigenvalue weighted by Gasteiger charge is 2.24. The van der Waals surface area contributed by atoms with Crippen LogP contribution in [0.1, 0.15) is 16.9 Å². The molecule has 0 spiro atoms. The summed E-state index contributed by atoms with van der Waals surface area (Å²) in [6, 6.07) is 18.4. The number of hydrogen-bond acceptors (Lipinski definition) is 6. The average molecular weight is 464 g/mol. The Morgan fingerprint density at radius 2 is 1.85 bits per heavy atom. The number of halogens is 1. The van der Waals surface area contributed by atoms with Crippen molar-refractivity contribution in [3.8, 4) is 23.0 Å². The van der Waals surface area contributed by atoms with Crippen molar-refractivity contribution in [2.45, 2.75) is 20.0 Å². The summed E-state index contributed by atoms with van der Waals surface area (Å²) in [6.07, 6.45) is 0. The Labute approximate surface area is 195 Å². The lowest BCUT2D eigenvalue weighted by atomic mass is 10.1. The molecule has 0 saturated carbocycles. The lowest BCUT2D eigenvalue weighted by molar-refractivity contribution is 0.0889. The number of nitrogens with zero attached hydrogens (tertiary/aromatic N) is 1. The molecule has 3 aromatic carbocycles. The van der Waals surface area contributed by atoms with Crippen LogP contribution >= 0.6 is 11.6 Å². The van der Waals surface area contributed by atoms with Gasteiger partial charge in [-0.3, -0.25) is 9.69 Å². The maximum Gasteiger partial charge on any atom is 0.235 e. The van der Waals surface area contributed by atoms with E-state index in [1.807, 2.05) is 36.4 Å². The van der Waals surface area contributed by atoms with Crippen LogP contribution in [-0.2, 0) is 13.1 Å². The Bertz CT molecular complexity index is 1380. The van der Waals surface area contributed by atoms with Crippen molar-refractivity contribution >= 4 is 22.6 Å². The third-order valence-corrected chi connectivity index (χ3v) is 5.86. The lowest BCUT2D eigenvalue weighted by Gasteiger charge is -2.29. The fraction of sp³-hybridized carbons (Fsp3) is 0.192. The minimum Gasteiger partial charge on any atom is -0.497 e. The summed E-state index contributed by atoms with van der Waals surface area (Å²) in [4.78, 5) is 15.5. The van der Waals surface area contributed by atoms with Gasteiger partial charge in [0.25, 0.3) is 0 Å². The fourth-order valence-corrected chi connectivity index (χ4v) is 4.08. The van der Waals surface area contributed by atoms with Crippen molar-refractivity contribution in [2.75, 3.05) is 13.8 Å². The predicted molar refractivity (Wildman–Crippen MR) is 126 cm³/mol. The topological polar surface area (TPSA) is 61.1 Å². The SMILES string of the molecule is COc1cccc(Oc2c(C)oc3c4c(ccc3c2=O)OCN(Cc2ccc(Cl)cc2)C4)c1. The molecule has 1 aromatic heterocycles.